The fraction of sp³-hybridized carbons (Fsp3) is 0.462. The second kappa shape index (κ2) is 5.25. The first-order valence-corrected chi connectivity index (χ1v) is 5.40. The highest BCUT2D eigenvalue weighted by Gasteiger charge is 2.30. The summed E-state index contributed by atoms with van der Waals surface area (Å²) >= 11 is 0. The maximum absolute atomic E-state index is 13.5. The molecule has 0 saturated heterocycles. The molecule has 94 valence electrons. The molecule has 0 N–H and O–H groups in total. The average Bonchev–Trinajstić information content (AvgIpc) is 2.27. The van der Waals surface area contributed by atoms with E-state index in [0.29, 0.717) is 11.3 Å². The van der Waals surface area contributed by atoms with Crippen molar-refractivity contribution in [2.75, 3.05) is 7.11 Å². The molecule has 17 heavy (non-hydrogen) atoms. The highest BCUT2D eigenvalue weighted by molar-refractivity contribution is 5.54. The van der Waals surface area contributed by atoms with Crippen molar-refractivity contribution in [1.82, 2.24) is 0 Å². The lowest BCUT2D eigenvalue weighted by Gasteiger charge is -2.21. The van der Waals surface area contributed by atoms with E-state index in [9.17, 15) is 13.6 Å². The lowest BCUT2D eigenvalue weighted by atomic mass is 9.90. The normalized spacial score (nSPS) is 13.2. The summed E-state index contributed by atoms with van der Waals surface area (Å²) in [6.07, 6.45) is 0.929. The molecule has 1 unspecified atom stereocenters. The van der Waals surface area contributed by atoms with Crippen molar-refractivity contribution < 1.29 is 18.3 Å². The van der Waals surface area contributed by atoms with Gasteiger partial charge in [0.1, 0.15) is 12.0 Å². The molecule has 2 nitrogen and oxygen atoms in total. The van der Waals surface area contributed by atoms with E-state index in [4.69, 9.17) is 4.74 Å². The zero-order valence-electron chi connectivity index (χ0n) is 10.2. The van der Waals surface area contributed by atoms with Gasteiger partial charge in [0, 0.05) is 24.5 Å². The Balaban J connectivity index is 3.35. The zero-order valence-corrected chi connectivity index (χ0v) is 10.2. The number of benzene rings is 1. The van der Waals surface area contributed by atoms with Gasteiger partial charge in [0.15, 0.2) is 0 Å². The third kappa shape index (κ3) is 3.02. The highest BCUT2D eigenvalue weighted by atomic mass is 19.3. The molecule has 0 aliphatic rings. The predicted molar refractivity (Wildman–Crippen MR) is 61.7 cm³/mol. The number of aldehydes is 1. The smallest absolute Gasteiger partial charge is 0.270 e. The van der Waals surface area contributed by atoms with Crippen LogP contribution in [-0.4, -0.2) is 13.4 Å². The van der Waals surface area contributed by atoms with Gasteiger partial charge in [0.25, 0.3) is 5.92 Å². The molecule has 0 aliphatic carbocycles. The molecule has 1 atom stereocenters. The molecule has 0 aliphatic heterocycles. The van der Waals surface area contributed by atoms with Crippen molar-refractivity contribution in [2.24, 2.45) is 0 Å². The van der Waals surface area contributed by atoms with Crippen molar-refractivity contribution in [3.05, 3.63) is 29.3 Å². The number of methoxy groups -OCH3 is 1. The Morgan fingerprint density at radius 1 is 1.47 bits per heavy atom. The van der Waals surface area contributed by atoms with Gasteiger partial charge >= 0.3 is 0 Å². The Bertz CT molecular complexity index is 397. The molecular formula is C13H16F2O2. The number of alkyl halides is 2. The lowest BCUT2D eigenvalue weighted by Crippen LogP contribution is -2.13. The van der Waals surface area contributed by atoms with E-state index in [1.165, 1.54) is 19.2 Å². The van der Waals surface area contributed by atoms with E-state index in [1.807, 2.05) is 0 Å². The first-order valence-electron chi connectivity index (χ1n) is 5.40. The molecule has 4 heteroatoms. The summed E-state index contributed by atoms with van der Waals surface area (Å²) in [4.78, 5) is 10.5. The summed E-state index contributed by atoms with van der Waals surface area (Å²) in [7, 11) is 1.43. The average molecular weight is 242 g/mol. The molecule has 1 rings (SSSR count). The SMILES string of the molecule is COc1cccc(C(C)(F)F)c1C(C)CC=O. The Morgan fingerprint density at radius 2 is 2.12 bits per heavy atom. The number of hydrogen-bond acceptors (Lipinski definition) is 2. The molecule has 0 saturated carbocycles. The van der Waals surface area contributed by atoms with E-state index in [2.05, 4.69) is 0 Å². The molecule has 0 spiro atoms. The quantitative estimate of drug-likeness (QED) is 0.739. The summed E-state index contributed by atoms with van der Waals surface area (Å²) in [5, 5.41) is 0. The Labute approximate surface area is 99.6 Å². The molecular weight excluding hydrogens is 226 g/mol. The Kier molecular flexibility index (Phi) is 4.21. The number of rotatable bonds is 5. The van der Waals surface area contributed by atoms with Gasteiger partial charge in [-0.05, 0) is 12.0 Å². The fourth-order valence-electron chi connectivity index (χ4n) is 1.88. The second-order valence-electron chi connectivity index (χ2n) is 4.11. The zero-order chi connectivity index (χ0) is 13.1. The third-order valence-electron chi connectivity index (χ3n) is 2.70. The largest absolute Gasteiger partial charge is 0.496 e. The third-order valence-corrected chi connectivity index (χ3v) is 2.70. The van der Waals surface area contributed by atoms with Gasteiger partial charge in [-0.15, -0.1) is 0 Å². The van der Waals surface area contributed by atoms with Gasteiger partial charge in [-0.3, -0.25) is 0 Å². The van der Waals surface area contributed by atoms with Crippen LogP contribution in [-0.2, 0) is 10.7 Å². The van der Waals surface area contributed by atoms with E-state index < -0.39 is 5.92 Å². The lowest BCUT2D eigenvalue weighted by molar-refractivity contribution is -0.108. The maximum atomic E-state index is 13.5. The summed E-state index contributed by atoms with van der Waals surface area (Å²) < 4.78 is 32.1. The van der Waals surface area contributed by atoms with Crippen LogP contribution in [0.3, 0.4) is 0 Å². The van der Waals surface area contributed by atoms with Crippen LogP contribution in [0.1, 0.15) is 37.3 Å². The molecule has 0 bridgehead atoms. The number of carbonyl (C=O) groups is 1. The van der Waals surface area contributed by atoms with Gasteiger partial charge in [-0.1, -0.05) is 19.1 Å². The minimum absolute atomic E-state index is 0.0776. The van der Waals surface area contributed by atoms with Crippen molar-refractivity contribution in [3.63, 3.8) is 0 Å². The molecule has 0 heterocycles. The van der Waals surface area contributed by atoms with Crippen LogP contribution in [0, 0.1) is 0 Å². The van der Waals surface area contributed by atoms with Crippen LogP contribution in [0.15, 0.2) is 18.2 Å². The number of ether oxygens (including phenoxy) is 1. The highest BCUT2D eigenvalue weighted by Crippen LogP contribution is 2.39. The monoisotopic (exact) mass is 242 g/mol. The second-order valence-corrected chi connectivity index (χ2v) is 4.11. The number of halogens is 2. The molecule has 0 aromatic heterocycles. The predicted octanol–water partition coefficient (Wildman–Crippen LogP) is 3.50. The van der Waals surface area contributed by atoms with Crippen molar-refractivity contribution in [3.8, 4) is 5.75 Å². The topological polar surface area (TPSA) is 26.3 Å². The van der Waals surface area contributed by atoms with Crippen LogP contribution in [0.25, 0.3) is 0 Å². The van der Waals surface area contributed by atoms with Crippen LogP contribution >= 0.6 is 0 Å². The Morgan fingerprint density at radius 3 is 2.59 bits per heavy atom. The van der Waals surface area contributed by atoms with Crippen molar-refractivity contribution in [2.45, 2.75) is 32.1 Å². The van der Waals surface area contributed by atoms with E-state index in [-0.39, 0.29) is 17.9 Å². The first-order chi connectivity index (χ1) is 7.91. The van der Waals surface area contributed by atoms with Gasteiger partial charge in [-0.2, -0.15) is 0 Å². The first kappa shape index (κ1) is 13.6. The van der Waals surface area contributed by atoms with E-state index in [0.717, 1.165) is 13.2 Å². The van der Waals surface area contributed by atoms with Gasteiger partial charge in [-0.25, -0.2) is 8.78 Å². The van der Waals surface area contributed by atoms with Gasteiger partial charge in [0.05, 0.1) is 7.11 Å². The minimum atomic E-state index is -2.94. The Hall–Kier alpha value is -1.45. The molecule has 0 amide bonds. The summed E-state index contributed by atoms with van der Waals surface area (Å²) in [5.74, 6) is -2.83. The molecule has 0 radical (unpaired) electrons. The van der Waals surface area contributed by atoms with Crippen LogP contribution in [0.4, 0.5) is 8.78 Å². The van der Waals surface area contributed by atoms with Crippen LogP contribution in [0.2, 0.25) is 0 Å². The minimum Gasteiger partial charge on any atom is -0.496 e. The van der Waals surface area contributed by atoms with Crippen LogP contribution < -0.4 is 4.74 Å². The molecule has 1 aromatic rings. The summed E-state index contributed by atoms with van der Waals surface area (Å²) in [6, 6.07) is 4.54. The summed E-state index contributed by atoms with van der Waals surface area (Å²) in [5.41, 5.74) is 0.334. The van der Waals surface area contributed by atoms with Crippen LogP contribution in [0.5, 0.6) is 5.75 Å². The molecule has 1 aromatic carbocycles. The van der Waals surface area contributed by atoms with E-state index in [1.54, 1.807) is 13.0 Å². The van der Waals surface area contributed by atoms with Crippen molar-refractivity contribution >= 4 is 6.29 Å². The van der Waals surface area contributed by atoms with E-state index >= 15 is 0 Å². The standard InChI is InChI=1S/C13H16F2O2/c1-9(7-8-16)12-10(13(2,14)15)5-4-6-11(12)17-3/h4-6,8-9H,7H2,1-3H3. The molecule has 0 fully saturated rings. The fourth-order valence-corrected chi connectivity index (χ4v) is 1.88. The maximum Gasteiger partial charge on any atom is 0.270 e. The van der Waals surface area contributed by atoms with Gasteiger partial charge < -0.3 is 9.53 Å². The van der Waals surface area contributed by atoms with Gasteiger partial charge in [0.2, 0.25) is 0 Å². The number of carbonyl (C=O) groups excluding carboxylic acids is 1. The number of hydrogen-bond donors (Lipinski definition) is 0. The van der Waals surface area contributed by atoms with Crippen molar-refractivity contribution in [1.29, 1.82) is 0 Å². The summed E-state index contributed by atoms with van der Waals surface area (Å²) in [6.45, 7) is 2.58.